The summed E-state index contributed by atoms with van der Waals surface area (Å²) in [5.41, 5.74) is 1.93. The van der Waals surface area contributed by atoms with Crippen LogP contribution in [0.3, 0.4) is 0 Å². The number of nitrogens with zero attached hydrogens (tertiary/aromatic N) is 3. The largest absolute Gasteiger partial charge is 0.381 e. The second-order valence-corrected chi connectivity index (χ2v) is 10.5. The van der Waals surface area contributed by atoms with Crippen LogP contribution >= 0.6 is 0 Å². The molecule has 0 aromatic heterocycles. The molecular weight excluding hydrogens is 468 g/mol. The summed E-state index contributed by atoms with van der Waals surface area (Å²) >= 11 is 0. The van der Waals surface area contributed by atoms with Gasteiger partial charge in [0.25, 0.3) is 5.91 Å². The van der Waals surface area contributed by atoms with Crippen LogP contribution in [0.1, 0.15) is 41.6 Å². The zero-order valence-corrected chi connectivity index (χ0v) is 21.7. The first kappa shape index (κ1) is 25.3. The zero-order chi connectivity index (χ0) is 26.0. The van der Waals surface area contributed by atoms with E-state index in [0.717, 1.165) is 24.1 Å². The summed E-state index contributed by atoms with van der Waals surface area (Å²) in [6.07, 6.45) is 2.58. The summed E-state index contributed by atoms with van der Waals surface area (Å²) in [5, 5.41) is 3.07. The third kappa shape index (κ3) is 4.94. The summed E-state index contributed by atoms with van der Waals surface area (Å²) in [4.78, 5) is 46.2. The van der Waals surface area contributed by atoms with Gasteiger partial charge in [0, 0.05) is 44.6 Å². The van der Waals surface area contributed by atoms with Crippen molar-refractivity contribution in [2.45, 2.75) is 44.2 Å². The summed E-state index contributed by atoms with van der Waals surface area (Å²) in [6.45, 7) is 4.61. The van der Waals surface area contributed by atoms with Crippen molar-refractivity contribution in [1.29, 1.82) is 0 Å². The van der Waals surface area contributed by atoms with E-state index >= 15 is 0 Å². The number of ether oxygens (including phenoxy) is 1. The van der Waals surface area contributed by atoms with Crippen molar-refractivity contribution < 1.29 is 19.1 Å². The van der Waals surface area contributed by atoms with E-state index in [2.05, 4.69) is 10.2 Å². The molecule has 3 amide bonds. The Bertz CT molecular complexity index is 1140. The van der Waals surface area contributed by atoms with Gasteiger partial charge in [0.1, 0.15) is 11.6 Å². The average Bonchev–Trinajstić information content (AvgIpc) is 3.17. The molecule has 3 aliphatic heterocycles. The Kier molecular flexibility index (Phi) is 7.20. The molecule has 3 fully saturated rings. The Morgan fingerprint density at radius 1 is 1.03 bits per heavy atom. The fraction of sp³-hybridized carbons (Fsp3) is 0.483. The maximum Gasteiger partial charge on any atom is 0.251 e. The Morgan fingerprint density at radius 2 is 1.73 bits per heavy atom. The van der Waals surface area contributed by atoms with E-state index in [0.29, 0.717) is 51.4 Å². The minimum atomic E-state index is -0.647. The summed E-state index contributed by atoms with van der Waals surface area (Å²) in [7, 11) is 1.84. The first-order chi connectivity index (χ1) is 17.9. The molecule has 1 N–H and O–H groups in total. The number of nitrogens with one attached hydrogen (secondary N) is 1. The highest BCUT2D eigenvalue weighted by Crippen LogP contribution is 2.39. The van der Waals surface area contributed by atoms with E-state index in [1.54, 1.807) is 11.0 Å². The van der Waals surface area contributed by atoms with Crippen LogP contribution in [-0.2, 0) is 14.3 Å². The Balaban J connectivity index is 1.33. The maximum atomic E-state index is 13.9. The van der Waals surface area contributed by atoms with Crippen molar-refractivity contribution in [2.24, 2.45) is 5.92 Å². The quantitative estimate of drug-likeness (QED) is 0.677. The maximum absolute atomic E-state index is 13.9. The first-order valence-corrected chi connectivity index (χ1v) is 13.2. The minimum Gasteiger partial charge on any atom is -0.381 e. The van der Waals surface area contributed by atoms with Gasteiger partial charge >= 0.3 is 0 Å². The molecule has 2 aromatic carbocycles. The van der Waals surface area contributed by atoms with Gasteiger partial charge in [-0.15, -0.1) is 0 Å². The van der Waals surface area contributed by atoms with Crippen LogP contribution in [0.4, 0.5) is 5.69 Å². The van der Waals surface area contributed by atoms with Gasteiger partial charge in [-0.25, -0.2) is 0 Å². The monoisotopic (exact) mass is 504 g/mol. The summed E-state index contributed by atoms with van der Waals surface area (Å²) in [6, 6.07) is 16.8. The van der Waals surface area contributed by atoms with Crippen LogP contribution in [0.5, 0.6) is 0 Å². The molecule has 3 aliphatic rings. The molecular formula is C29H36N4O4. The molecule has 0 bridgehead atoms. The standard InChI is InChI=1S/C29H36N4O4/c1-21-7-6-8-23(19-21)26(34)30-25(22-11-17-37-18-12-22)27(35)32-15-13-29(14-16-32)28(36)31(2)20-33(29)24-9-4-3-5-10-24/h3-10,19,22,25H,11-18,20H2,1-2H3,(H,30,34)/t25-/m1/s1. The number of likely N-dealkylation sites (tertiary alicyclic amines) is 1. The van der Waals surface area contributed by atoms with Crippen molar-refractivity contribution in [2.75, 3.05) is 44.9 Å². The van der Waals surface area contributed by atoms with E-state index in [1.165, 1.54) is 0 Å². The lowest BCUT2D eigenvalue weighted by atomic mass is 9.84. The number of likely N-dealkylation sites (N-methyl/N-ethyl adjacent to an activating group) is 1. The SMILES string of the molecule is Cc1cccc(C(=O)N[C@@H](C(=O)N2CCC3(CC2)C(=O)N(C)CN3c2ccccc2)C2CCOCC2)c1. The number of rotatable bonds is 5. The lowest BCUT2D eigenvalue weighted by Gasteiger charge is -2.44. The van der Waals surface area contributed by atoms with Gasteiger partial charge in [0.2, 0.25) is 11.8 Å². The van der Waals surface area contributed by atoms with Crippen LogP contribution in [0.15, 0.2) is 54.6 Å². The van der Waals surface area contributed by atoms with Gasteiger partial charge in [0.05, 0.1) is 6.67 Å². The number of hydrogen-bond donors (Lipinski definition) is 1. The second-order valence-electron chi connectivity index (χ2n) is 10.5. The zero-order valence-electron chi connectivity index (χ0n) is 21.7. The summed E-state index contributed by atoms with van der Waals surface area (Å²) < 4.78 is 5.53. The lowest BCUT2D eigenvalue weighted by molar-refractivity contribution is -0.140. The number of amides is 3. The Morgan fingerprint density at radius 3 is 2.41 bits per heavy atom. The molecule has 3 heterocycles. The van der Waals surface area contributed by atoms with Gasteiger partial charge < -0.3 is 24.8 Å². The number of para-hydroxylation sites is 1. The molecule has 2 aromatic rings. The molecule has 5 rings (SSSR count). The number of carbonyl (C=O) groups excluding carboxylic acids is 3. The normalized spacial score (nSPS) is 20.8. The number of piperidine rings is 1. The topological polar surface area (TPSA) is 82.2 Å². The molecule has 0 radical (unpaired) electrons. The molecule has 37 heavy (non-hydrogen) atoms. The van der Waals surface area contributed by atoms with Crippen LogP contribution in [-0.4, -0.2) is 79.1 Å². The van der Waals surface area contributed by atoms with Crippen molar-refractivity contribution in [3.63, 3.8) is 0 Å². The van der Waals surface area contributed by atoms with Gasteiger partial charge in [-0.05, 0) is 62.8 Å². The van der Waals surface area contributed by atoms with Gasteiger partial charge in [0.15, 0.2) is 0 Å². The van der Waals surface area contributed by atoms with Crippen LogP contribution in [0.2, 0.25) is 0 Å². The molecule has 0 aliphatic carbocycles. The molecule has 196 valence electrons. The number of anilines is 1. The third-order valence-corrected chi connectivity index (χ3v) is 8.16. The predicted molar refractivity (Wildman–Crippen MR) is 141 cm³/mol. The van der Waals surface area contributed by atoms with Gasteiger partial charge in [-0.3, -0.25) is 14.4 Å². The van der Waals surface area contributed by atoms with Gasteiger partial charge in [-0.2, -0.15) is 0 Å². The first-order valence-electron chi connectivity index (χ1n) is 13.2. The van der Waals surface area contributed by atoms with E-state index in [9.17, 15) is 14.4 Å². The van der Waals surface area contributed by atoms with E-state index in [4.69, 9.17) is 4.74 Å². The number of benzene rings is 2. The van der Waals surface area contributed by atoms with Crippen LogP contribution < -0.4 is 10.2 Å². The molecule has 1 atom stereocenters. The smallest absolute Gasteiger partial charge is 0.251 e. The highest BCUT2D eigenvalue weighted by molar-refractivity contribution is 5.98. The van der Waals surface area contributed by atoms with Crippen molar-refractivity contribution in [1.82, 2.24) is 15.1 Å². The molecule has 8 nitrogen and oxygen atoms in total. The highest BCUT2D eigenvalue weighted by Gasteiger charge is 2.53. The molecule has 3 saturated heterocycles. The summed E-state index contributed by atoms with van der Waals surface area (Å²) in [5.74, 6) is -0.166. The van der Waals surface area contributed by atoms with E-state index in [-0.39, 0.29) is 23.6 Å². The van der Waals surface area contributed by atoms with E-state index < -0.39 is 11.6 Å². The average molecular weight is 505 g/mol. The number of aryl methyl sites for hydroxylation is 1. The Labute approximate surface area is 218 Å². The predicted octanol–water partition coefficient (Wildman–Crippen LogP) is 2.82. The Hall–Kier alpha value is -3.39. The number of carbonyl (C=O) groups is 3. The van der Waals surface area contributed by atoms with Crippen LogP contribution in [0.25, 0.3) is 0 Å². The molecule has 1 spiro atoms. The van der Waals surface area contributed by atoms with E-state index in [1.807, 2.05) is 67.4 Å². The van der Waals surface area contributed by atoms with Gasteiger partial charge in [-0.1, -0.05) is 35.9 Å². The van der Waals surface area contributed by atoms with Crippen molar-refractivity contribution in [3.05, 3.63) is 65.7 Å². The lowest BCUT2D eigenvalue weighted by Crippen LogP contribution is -2.60. The fourth-order valence-electron chi connectivity index (χ4n) is 6.04. The third-order valence-electron chi connectivity index (χ3n) is 8.16. The fourth-order valence-corrected chi connectivity index (χ4v) is 6.04. The molecule has 0 unspecified atom stereocenters. The molecule has 8 heteroatoms. The van der Waals surface area contributed by atoms with Crippen LogP contribution in [0, 0.1) is 12.8 Å². The minimum absolute atomic E-state index is 0.0194. The number of hydrogen-bond acceptors (Lipinski definition) is 5. The second kappa shape index (κ2) is 10.5. The van der Waals surface area contributed by atoms with Crippen molar-refractivity contribution in [3.8, 4) is 0 Å². The molecule has 0 saturated carbocycles. The van der Waals surface area contributed by atoms with Crippen molar-refractivity contribution >= 4 is 23.4 Å². The highest BCUT2D eigenvalue weighted by atomic mass is 16.5.